The molecule has 0 aliphatic carbocycles. The molecule has 0 saturated carbocycles. The van der Waals surface area contributed by atoms with Crippen LogP contribution in [0.25, 0.3) is 22.3 Å². The van der Waals surface area contributed by atoms with E-state index in [4.69, 9.17) is 39.7 Å². The fourth-order valence-electron chi connectivity index (χ4n) is 5.73. The van der Waals surface area contributed by atoms with Crippen molar-refractivity contribution in [2.45, 2.75) is 49.1 Å². The molecule has 2 saturated heterocycles. The van der Waals surface area contributed by atoms with Gasteiger partial charge in [-0.2, -0.15) is 4.98 Å². The van der Waals surface area contributed by atoms with Crippen molar-refractivity contribution in [2.24, 2.45) is 0 Å². The third-order valence-electron chi connectivity index (χ3n) is 8.10. The Morgan fingerprint density at radius 3 is 2.47 bits per heavy atom. The zero-order chi connectivity index (χ0) is 34.4. The number of nitrogen functional groups attached to an aromatic ring is 2. The van der Waals surface area contributed by atoms with Crippen LogP contribution in [0.15, 0.2) is 42.5 Å². The zero-order valence-corrected chi connectivity index (χ0v) is 26.3. The van der Waals surface area contributed by atoms with Crippen molar-refractivity contribution in [1.82, 2.24) is 48.4 Å². The summed E-state index contributed by atoms with van der Waals surface area (Å²) in [6.45, 7) is -1.07. The number of imidazole rings is 3. The van der Waals surface area contributed by atoms with Gasteiger partial charge in [0, 0.05) is 19.5 Å². The van der Waals surface area contributed by atoms with E-state index in [1.54, 1.807) is 4.57 Å². The summed E-state index contributed by atoms with van der Waals surface area (Å²) in [4.78, 5) is 49.3. The monoisotopic (exact) mass is 706 g/mol. The summed E-state index contributed by atoms with van der Waals surface area (Å²) in [5.74, 6) is -0.0139. The average Bonchev–Trinajstić information content (AvgIpc) is 3.91. The number of methoxy groups -OCH3 is 1. The maximum absolute atomic E-state index is 12.9. The number of hydrogen-bond acceptors (Lipinski definition) is 18. The topological polar surface area (TPSA) is 310 Å². The highest BCUT2D eigenvalue weighted by Crippen LogP contribution is 2.45. The molecule has 2 aliphatic heterocycles. The minimum absolute atomic E-state index is 0.0295. The highest BCUT2D eigenvalue weighted by Gasteiger charge is 2.49. The Kier molecular flexibility index (Phi) is 8.87. The summed E-state index contributed by atoms with van der Waals surface area (Å²) in [6, 6.07) is 0. The smallest absolute Gasteiger partial charge is 0.387 e. The van der Waals surface area contributed by atoms with Crippen LogP contribution in [-0.2, 0) is 32.8 Å². The molecular weight excluding hydrogens is 675 g/mol. The number of H-pyrrole nitrogens is 1. The highest BCUT2D eigenvalue weighted by atomic mass is 31.2. The summed E-state index contributed by atoms with van der Waals surface area (Å²) in [5.41, 5.74) is 11.7. The second-order valence-electron chi connectivity index (χ2n) is 11.0. The van der Waals surface area contributed by atoms with E-state index in [1.807, 2.05) is 0 Å². The van der Waals surface area contributed by atoms with Crippen LogP contribution in [0.2, 0.25) is 0 Å². The van der Waals surface area contributed by atoms with E-state index in [-0.39, 0.29) is 29.5 Å². The number of nitrogens with two attached hydrogens (primary N) is 2. The van der Waals surface area contributed by atoms with Gasteiger partial charge in [-0.05, 0) is 0 Å². The maximum atomic E-state index is 12.9. The number of hydrogen-bond donors (Lipinski definition) is 6. The third-order valence-corrected chi connectivity index (χ3v) is 9.40. The number of nitrogens with one attached hydrogen (secondary N) is 1. The van der Waals surface area contributed by atoms with E-state index in [2.05, 4.69) is 34.9 Å². The summed E-state index contributed by atoms with van der Waals surface area (Å²) < 4.78 is 51.6. The molecule has 0 bridgehead atoms. The summed E-state index contributed by atoms with van der Waals surface area (Å²) in [7, 11) is -2.93. The molecule has 0 spiro atoms. The van der Waals surface area contributed by atoms with Crippen molar-refractivity contribution >= 4 is 41.8 Å². The van der Waals surface area contributed by atoms with Gasteiger partial charge in [-0.15, -0.1) is 0 Å². The van der Waals surface area contributed by atoms with Gasteiger partial charge in [-0.3, -0.25) is 23.4 Å². The molecule has 7 rings (SSSR count). The van der Waals surface area contributed by atoms with Crippen molar-refractivity contribution in [3.63, 3.8) is 0 Å². The van der Waals surface area contributed by atoms with Crippen LogP contribution in [0.4, 0.5) is 11.8 Å². The van der Waals surface area contributed by atoms with Crippen molar-refractivity contribution in [1.29, 1.82) is 0 Å². The lowest BCUT2D eigenvalue weighted by Gasteiger charge is -2.24. The Morgan fingerprint density at radius 2 is 1.71 bits per heavy atom. The molecule has 7 heterocycles. The van der Waals surface area contributed by atoms with Crippen LogP contribution < -0.4 is 17.0 Å². The minimum atomic E-state index is -4.35. The Bertz CT molecular complexity index is 2040. The average molecular weight is 707 g/mol. The molecular formula is C25H31N12O11P. The Labute approximate surface area is 273 Å². The fraction of sp³-hybridized carbons (Fsp3) is 0.480. The number of nitrogens with zero attached hydrogens (tertiary/aromatic N) is 9. The zero-order valence-electron chi connectivity index (χ0n) is 25.4. The van der Waals surface area contributed by atoms with Gasteiger partial charge >= 0.3 is 7.75 Å². The number of aromatic nitrogens is 10. The number of anilines is 2. The molecule has 2 fully saturated rings. The standard InChI is InChI=1S/C25H31N12O11P/c1-43-18-17(45-10-44-4-11-15(38)16(39)23(47-11)37-9-32-14-21(37)33-25(27)34-22(14)40)12(5-46-49(41,42)35-3-2-28-7-35)48-24(18)36-8-31-13-19(26)29-6-30-20(13)36/h2-3,6-9,11-12,15-18,23-24,38-39H,4-5,10H2,1H3,(H,41,42)(H2,26,29,30)(H3,27,33,34,40)/t11-,12-,15-,16-,17-,18-,23-,24-/m1/s1. The SMILES string of the molecule is CO[C@@H]1[C@H](OCOC[C@H]2O[C@@H](n3cnc4c(=O)[nH]c(N)nc43)[C@H](O)[C@@H]2O)[C@@H](COP(=O)(O)n2ccnc2)O[C@H]1n1cnc2c(N)ncnc21. The number of aromatic amines is 1. The number of ether oxygens (including phenoxy) is 5. The lowest BCUT2D eigenvalue weighted by atomic mass is 10.1. The molecule has 5 aromatic heterocycles. The van der Waals surface area contributed by atoms with Gasteiger partial charge in [0.15, 0.2) is 35.1 Å². The van der Waals surface area contributed by atoms with E-state index >= 15 is 0 Å². The molecule has 23 nitrogen and oxygen atoms in total. The van der Waals surface area contributed by atoms with E-state index in [9.17, 15) is 24.5 Å². The predicted molar refractivity (Wildman–Crippen MR) is 162 cm³/mol. The largest absolute Gasteiger partial charge is 0.437 e. The quantitative estimate of drug-likeness (QED) is 0.0459. The fourth-order valence-corrected chi connectivity index (χ4v) is 6.62. The van der Waals surface area contributed by atoms with Gasteiger partial charge in [-0.1, -0.05) is 0 Å². The van der Waals surface area contributed by atoms with Crippen molar-refractivity contribution in [2.75, 3.05) is 38.6 Å². The second-order valence-corrected chi connectivity index (χ2v) is 12.7. The summed E-state index contributed by atoms with van der Waals surface area (Å²) >= 11 is 0. The second kappa shape index (κ2) is 13.1. The molecule has 24 heteroatoms. The van der Waals surface area contributed by atoms with Crippen LogP contribution in [0, 0.1) is 0 Å². The molecule has 49 heavy (non-hydrogen) atoms. The van der Waals surface area contributed by atoms with E-state index in [0.717, 1.165) is 10.7 Å². The Morgan fingerprint density at radius 1 is 0.959 bits per heavy atom. The van der Waals surface area contributed by atoms with Gasteiger partial charge in [0.2, 0.25) is 5.95 Å². The van der Waals surface area contributed by atoms with Crippen LogP contribution in [0.3, 0.4) is 0 Å². The van der Waals surface area contributed by atoms with Gasteiger partial charge in [0.1, 0.15) is 61.6 Å². The third kappa shape index (κ3) is 6.05. The molecule has 2 aliphatic rings. The number of rotatable bonds is 12. The molecule has 1 unspecified atom stereocenters. The molecule has 0 amide bonds. The first-order valence-corrected chi connectivity index (χ1v) is 16.1. The van der Waals surface area contributed by atoms with E-state index in [1.165, 1.54) is 43.1 Å². The summed E-state index contributed by atoms with van der Waals surface area (Å²) in [5, 5.41) is 21.5. The molecule has 0 radical (unpaired) electrons. The number of aliphatic hydroxyl groups is 2. The molecule has 0 aromatic carbocycles. The van der Waals surface area contributed by atoms with Crippen LogP contribution in [0.5, 0.6) is 0 Å². The van der Waals surface area contributed by atoms with Crippen LogP contribution in [0.1, 0.15) is 12.5 Å². The molecule has 262 valence electrons. The van der Waals surface area contributed by atoms with Crippen molar-refractivity contribution in [3.8, 4) is 0 Å². The van der Waals surface area contributed by atoms with E-state index < -0.39 is 75.8 Å². The summed E-state index contributed by atoms with van der Waals surface area (Å²) in [6.07, 6.45) is -1.05. The van der Waals surface area contributed by atoms with Gasteiger partial charge < -0.3 is 50.3 Å². The van der Waals surface area contributed by atoms with Crippen molar-refractivity contribution < 1.29 is 47.9 Å². The molecule has 8 N–H and O–H groups in total. The number of aliphatic hydroxyl groups excluding tert-OH is 2. The Hall–Kier alpha value is -4.42. The van der Waals surface area contributed by atoms with Crippen LogP contribution >= 0.6 is 7.75 Å². The number of fused-ring (bicyclic) bond motifs is 2. The minimum Gasteiger partial charge on any atom is -0.387 e. The van der Waals surface area contributed by atoms with Gasteiger partial charge in [0.25, 0.3) is 5.56 Å². The first kappa shape index (κ1) is 33.1. The van der Waals surface area contributed by atoms with Crippen LogP contribution in [-0.4, -0.2) is 127 Å². The van der Waals surface area contributed by atoms with Crippen molar-refractivity contribution in [3.05, 3.63) is 48.1 Å². The van der Waals surface area contributed by atoms with E-state index in [0.29, 0.717) is 11.2 Å². The molecule has 5 aromatic rings. The lowest BCUT2D eigenvalue weighted by Crippen LogP contribution is -2.39. The maximum Gasteiger partial charge on any atom is 0.437 e. The molecule has 9 atom stereocenters. The van der Waals surface area contributed by atoms with Gasteiger partial charge in [-0.25, -0.2) is 33.8 Å². The highest BCUT2D eigenvalue weighted by molar-refractivity contribution is 7.51. The van der Waals surface area contributed by atoms with Gasteiger partial charge in [0.05, 0.1) is 25.9 Å². The Balaban J connectivity index is 1.05. The predicted octanol–water partition coefficient (Wildman–Crippen LogP) is -2.12. The lowest BCUT2D eigenvalue weighted by molar-refractivity contribution is -0.154. The first-order chi connectivity index (χ1) is 23.6. The normalized spacial score (nSPS) is 28.5. The first-order valence-electron chi connectivity index (χ1n) is 14.6.